The van der Waals surface area contributed by atoms with Gasteiger partial charge >= 0.3 is 0 Å². The molecule has 25 heavy (non-hydrogen) atoms. The number of carbonyl (C=O) groups excluding carboxylic acids is 1. The Morgan fingerprint density at radius 2 is 2.00 bits per heavy atom. The third kappa shape index (κ3) is 5.29. The average Bonchev–Trinajstić information content (AvgIpc) is 3.15. The Bertz CT molecular complexity index is 696. The predicted octanol–water partition coefficient (Wildman–Crippen LogP) is 3.24. The van der Waals surface area contributed by atoms with Crippen LogP contribution in [0, 0.1) is 5.82 Å². The smallest absolute Gasteiger partial charge is 0.224 e. The summed E-state index contributed by atoms with van der Waals surface area (Å²) in [6, 6.07) is 13.9. The van der Waals surface area contributed by atoms with Crippen LogP contribution in [0.25, 0.3) is 0 Å². The quantitative estimate of drug-likeness (QED) is 0.839. The highest BCUT2D eigenvalue weighted by atomic mass is 19.1. The largest absolute Gasteiger partial charge is 0.491 e. The predicted molar refractivity (Wildman–Crippen MR) is 92.9 cm³/mol. The van der Waals surface area contributed by atoms with Gasteiger partial charge < -0.3 is 14.8 Å². The zero-order valence-electron chi connectivity index (χ0n) is 14.0. The summed E-state index contributed by atoms with van der Waals surface area (Å²) in [6.45, 7) is 1.79. The van der Waals surface area contributed by atoms with Crippen LogP contribution in [0.1, 0.15) is 24.0 Å². The lowest BCUT2D eigenvalue weighted by Crippen LogP contribution is -2.24. The van der Waals surface area contributed by atoms with E-state index in [0.29, 0.717) is 18.7 Å². The molecule has 0 radical (unpaired) electrons. The Morgan fingerprint density at radius 3 is 2.72 bits per heavy atom. The summed E-state index contributed by atoms with van der Waals surface area (Å²) in [7, 11) is 0. The van der Waals surface area contributed by atoms with E-state index in [9.17, 15) is 9.18 Å². The standard InChI is InChI=1S/C20H22FNO3/c21-19-6-2-1-4-16(19)12-20(23)22-13-15-7-9-17(10-8-15)25-14-18-5-3-11-24-18/h1-2,4,6-10,18H,3,5,11-14H2,(H,22,23)/t18-/m0/s1. The molecule has 3 rings (SSSR count). The molecule has 0 aromatic heterocycles. The minimum Gasteiger partial charge on any atom is -0.491 e. The third-order valence-electron chi connectivity index (χ3n) is 4.18. The van der Waals surface area contributed by atoms with Crippen molar-refractivity contribution < 1.29 is 18.7 Å². The minimum atomic E-state index is -0.356. The molecule has 2 aromatic rings. The lowest BCUT2D eigenvalue weighted by molar-refractivity contribution is -0.120. The second kappa shape index (κ2) is 8.62. The monoisotopic (exact) mass is 343 g/mol. The van der Waals surface area contributed by atoms with Crippen molar-refractivity contribution in [1.82, 2.24) is 5.32 Å². The van der Waals surface area contributed by atoms with E-state index < -0.39 is 0 Å². The Hall–Kier alpha value is -2.40. The van der Waals surface area contributed by atoms with Crippen LogP contribution in [-0.2, 0) is 22.5 Å². The molecule has 0 unspecified atom stereocenters. The summed E-state index contributed by atoms with van der Waals surface area (Å²) in [5.74, 6) is 0.228. The summed E-state index contributed by atoms with van der Waals surface area (Å²) in [5.41, 5.74) is 1.37. The van der Waals surface area contributed by atoms with Crippen LogP contribution >= 0.6 is 0 Å². The van der Waals surface area contributed by atoms with E-state index in [1.165, 1.54) is 6.07 Å². The van der Waals surface area contributed by atoms with Gasteiger partial charge in [-0.2, -0.15) is 0 Å². The number of amides is 1. The van der Waals surface area contributed by atoms with Crippen molar-refractivity contribution in [3.63, 3.8) is 0 Å². The molecule has 1 aliphatic heterocycles. The highest BCUT2D eigenvalue weighted by Crippen LogP contribution is 2.16. The highest BCUT2D eigenvalue weighted by Gasteiger charge is 2.15. The average molecular weight is 343 g/mol. The van der Waals surface area contributed by atoms with Gasteiger partial charge in [-0.15, -0.1) is 0 Å². The van der Waals surface area contributed by atoms with Crippen LogP contribution in [0.4, 0.5) is 4.39 Å². The number of nitrogens with one attached hydrogen (secondary N) is 1. The van der Waals surface area contributed by atoms with Gasteiger partial charge in [0.1, 0.15) is 18.2 Å². The summed E-state index contributed by atoms with van der Waals surface area (Å²) >= 11 is 0. The lowest BCUT2D eigenvalue weighted by Gasteiger charge is -2.12. The Balaban J connectivity index is 1.43. The molecular weight excluding hydrogens is 321 g/mol. The second-order valence-electron chi connectivity index (χ2n) is 6.13. The van der Waals surface area contributed by atoms with E-state index >= 15 is 0 Å². The fraction of sp³-hybridized carbons (Fsp3) is 0.350. The highest BCUT2D eigenvalue weighted by molar-refractivity contribution is 5.78. The third-order valence-corrected chi connectivity index (χ3v) is 4.18. The maximum absolute atomic E-state index is 13.5. The fourth-order valence-corrected chi connectivity index (χ4v) is 2.75. The van der Waals surface area contributed by atoms with Crippen LogP contribution < -0.4 is 10.1 Å². The van der Waals surface area contributed by atoms with Crippen molar-refractivity contribution in [2.24, 2.45) is 0 Å². The summed E-state index contributed by atoms with van der Waals surface area (Å²) in [4.78, 5) is 11.9. The number of rotatable bonds is 7. The van der Waals surface area contributed by atoms with Crippen LogP contribution in [-0.4, -0.2) is 25.2 Å². The van der Waals surface area contributed by atoms with Crippen molar-refractivity contribution in [2.45, 2.75) is 31.9 Å². The molecular formula is C20H22FNO3. The molecule has 0 bridgehead atoms. The molecule has 1 fully saturated rings. The minimum absolute atomic E-state index is 0.0370. The number of hydrogen-bond acceptors (Lipinski definition) is 3. The first-order chi connectivity index (χ1) is 12.2. The van der Waals surface area contributed by atoms with Gasteiger partial charge in [-0.3, -0.25) is 4.79 Å². The Morgan fingerprint density at radius 1 is 1.20 bits per heavy atom. The van der Waals surface area contributed by atoms with E-state index in [1.807, 2.05) is 24.3 Å². The second-order valence-corrected chi connectivity index (χ2v) is 6.13. The van der Waals surface area contributed by atoms with Crippen LogP contribution in [0.2, 0.25) is 0 Å². The molecule has 1 saturated heterocycles. The molecule has 0 saturated carbocycles. The van der Waals surface area contributed by atoms with E-state index in [-0.39, 0.29) is 24.2 Å². The fourth-order valence-electron chi connectivity index (χ4n) is 2.75. The van der Waals surface area contributed by atoms with Gasteiger partial charge in [0.05, 0.1) is 12.5 Å². The number of hydrogen-bond donors (Lipinski definition) is 1. The number of ether oxygens (including phenoxy) is 2. The summed E-state index contributed by atoms with van der Waals surface area (Å²) in [5, 5.41) is 2.80. The van der Waals surface area contributed by atoms with Gasteiger partial charge in [-0.1, -0.05) is 30.3 Å². The molecule has 1 amide bonds. The zero-order chi connectivity index (χ0) is 17.5. The Kier molecular flexibility index (Phi) is 6.01. The van der Waals surface area contributed by atoms with Crippen LogP contribution in [0.15, 0.2) is 48.5 Å². The number of halogens is 1. The molecule has 1 heterocycles. The van der Waals surface area contributed by atoms with E-state index in [4.69, 9.17) is 9.47 Å². The van der Waals surface area contributed by atoms with Gasteiger partial charge in [0.25, 0.3) is 0 Å². The lowest BCUT2D eigenvalue weighted by atomic mass is 10.1. The molecule has 5 heteroatoms. The van der Waals surface area contributed by atoms with Crippen LogP contribution in [0.5, 0.6) is 5.75 Å². The normalized spacial score (nSPS) is 16.6. The molecule has 2 aromatic carbocycles. The topological polar surface area (TPSA) is 47.6 Å². The van der Waals surface area contributed by atoms with Gasteiger partial charge in [-0.05, 0) is 42.2 Å². The first kappa shape index (κ1) is 17.4. The van der Waals surface area contributed by atoms with Gasteiger partial charge in [-0.25, -0.2) is 4.39 Å². The van der Waals surface area contributed by atoms with Crippen molar-refractivity contribution in [3.05, 3.63) is 65.5 Å². The van der Waals surface area contributed by atoms with E-state index in [2.05, 4.69) is 5.32 Å². The van der Waals surface area contributed by atoms with Gasteiger partial charge in [0.2, 0.25) is 5.91 Å². The molecule has 1 aliphatic rings. The molecule has 0 aliphatic carbocycles. The molecule has 1 atom stereocenters. The summed E-state index contributed by atoms with van der Waals surface area (Å²) in [6.07, 6.45) is 2.37. The molecule has 132 valence electrons. The first-order valence-corrected chi connectivity index (χ1v) is 8.54. The van der Waals surface area contributed by atoms with Crippen molar-refractivity contribution in [1.29, 1.82) is 0 Å². The van der Waals surface area contributed by atoms with Gasteiger partial charge in [0, 0.05) is 13.2 Å². The number of carbonyl (C=O) groups is 1. The van der Waals surface area contributed by atoms with E-state index in [0.717, 1.165) is 30.8 Å². The molecule has 4 nitrogen and oxygen atoms in total. The zero-order valence-corrected chi connectivity index (χ0v) is 14.0. The van der Waals surface area contributed by atoms with Crippen molar-refractivity contribution in [3.8, 4) is 5.75 Å². The van der Waals surface area contributed by atoms with E-state index in [1.54, 1.807) is 18.2 Å². The van der Waals surface area contributed by atoms with Crippen LogP contribution in [0.3, 0.4) is 0 Å². The first-order valence-electron chi connectivity index (χ1n) is 8.54. The molecule has 1 N–H and O–H groups in total. The van der Waals surface area contributed by atoms with Crippen molar-refractivity contribution >= 4 is 5.91 Å². The maximum Gasteiger partial charge on any atom is 0.224 e. The van der Waals surface area contributed by atoms with Gasteiger partial charge in [0.15, 0.2) is 0 Å². The van der Waals surface area contributed by atoms with Crippen molar-refractivity contribution in [2.75, 3.05) is 13.2 Å². The molecule has 0 spiro atoms. The SMILES string of the molecule is O=C(Cc1ccccc1F)NCc1ccc(OC[C@@H]2CCCO2)cc1. The Labute approximate surface area is 147 Å². The number of benzene rings is 2. The summed E-state index contributed by atoms with van der Waals surface area (Å²) < 4.78 is 24.8. The maximum atomic E-state index is 13.5.